The van der Waals surface area contributed by atoms with Crippen molar-refractivity contribution in [2.75, 3.05) is 13.2 Å². The van der Waals surface area contributed by atoms with Gasteiger partial charge in [0.15, 0.2) is 0 Å². The lowest BCUT2D eigenvalue weighted by atomic mass is 10.4. The highest BCUT2D eigenvalue weighted by atomic mass is 32.2. The fourth-order valence-electron chi connectivity index (χ4n) is 5.48. The third-order valence-corrected chi connectivity index (χ3v) is 21.3. The summed E-state index contributed by atoms with van der Waals surface area (Å²) < 4.78 is 13.9. The van der Waals surface area contributed by atoms with Crippen LogP contribution in [0.2, 0.25) is 24.2 Å². The Bertz CT molecular complexity index is 382. The molecule has 0 saturated heterocycles. The Morgan fingerprint density at radius 1 is 0.485 bits per heavy atom. The van der Waals surface area contributed by atoms with Gasteiger partial charge in [-0.2, -0.15) is 11.8 Å². The number of thioether (sulfide) groups is 1. The highest BCUT2D eigenvalue weighted by Crippen LogP contribution is 2.44. The van der Waals surface area contributed by atoms with Crippen LogP contribution in [0.5, 0.6) is 0 Å². The lowest BCUT2D eigenvalue weighted by Crippen LogP contribution is -2.54. The van der Waals surface area contributed by atoms with Crippen LogP contribution in [-0.2, 0) is 8.85 Å². The third kappa shape index (κ3) is 12.0. The lowest BCUT2D eigenvalue weighted by molar-refractivity contribution is 0.310. The van der Waals surface area contributed by atoms with Gasteiger partial charge in [-0.25, -0.2) is 0 Å². The molecular weight excluding hydrogens is 457 g/mol. The van der Waals surface area contributed by atoms with Gasteiger partial charge in [-0.3, -0.25) is 0 Å². The normalized spacial score (nSPS) is 14.5. The first-order chi connectivity index (χ1) is 16.0. The molecule has 33 heavy (non-hydrogen) atoms. The fourth-order valence-corrected chi connectivity index (χ4v) is 21.1. The molecule has 0 heterocycles. The van der Waals surface area contributed by atoms with Gasteiger partial charge in [-0.05, 0) is 50.9 Å². The Morgan fingerprint density at radius 3 is 1.00 bits per heavy atom. The summed E-state index contributed by atoms with van der Waals surface area (Å²) in [6.45, 7) is 20.5. The molecule has 0 N–H and O–H groups in total. The summed E-state index contributed by atoms with van der Waals surface area (Å²) in [4.78, 5) is 1.46. The Morgan fingerprint density at radius 2 is 0.788 bits per heavy atom. The van der Waals surface area contributed by atoms with E-state index in [0.29, 0.717) is 0 Å². The van der Waals surface area contributed by atoms with Gasteiger partial charge >= 0.3 is 0 Å². The predicted molar refractivity (Wildman–Crippen MR) is 159 cm³/mol. The molecule has 0 aliphatic carbocycles. The van der Waals surface area contributed by atoms with E-state index in [2.05, 4.69) is 67.2 Å². The highest BCUT2D eigenvalue weighted by molar-refractivity contribution is 8.03. The second kappa shape index (κ2) is 20.9. The van der Waals surface area contributed by atoms with Gasteiger partial charge in [0.1, 0.15) is 0 Å². The van der Waals surface area contributed by atoms with Crippen molar-refractivity contribution in [1.82, 2.24) is 0 Å². The molecule has 0 spiro atoms. The van der Waals surface area contributed by atoms with E-state index in [4.69, 9.17) is 8.85 Å². The molecule has 0 saturated carbocycles. The third-order valence-electron chi connectivity index (χ3n) is 7.28. The molecule has 0 rings (SSSR count). The van der Waals surface area contributed by atoms with Crippen LogP contribution in [0, 0.1) is 0 Å². The first kappa shape index (κ1) is 33.7. The molecule has 0 fully saturated rings. The predicted octanol–water partition coefficient (Wildman–Crippen LogP) is 10.3. The van der Waals surface area contributed by atoms with E-state index in [1.54, 1.807) is 0 Å². The van der Waals surface area contributed by atoms with Crippen molar-refractivity contribution in [2.45, 2.75) is 166 Å². The summed E-state index contributed by atoms with van der Waals surface area (Å²) in [5.41, 5.74) is 0. The largest absolute Gasteiger partial charge is 0.416 e. The first-order valence-electron chi connectivity index (χ1n) is 14.9. The van der Waals surface area contributed by atoms with Crippen LogP contribution in [0.15, 0.2) is 0 Å². The maximum atomic E-state index is 6.96. The monoisotopic (exact) mass is 518 g/mol. The molecule has 2 atom stereocenters. The molecule has 200 valence electrons. The summed E-state index contributed by atoms with van der Waals surface area (Å²) in [6, 6.07) is 5.45. The summed E-state index contributed by atoms with van der Waals surface area (Å²) in [5.74, 6) is 0. The minimum Gasteiger partial charge on any atom is -0.416 e. The van der Waals surface area contributed by atoms with Crippen LogP contribution in [-0.4, -0.2) is 39.6 Å². The molecule has 5 heteroatoms. The Balaban J connectivity index is 6.27. The van der Waals surface area contributed by atoms with Gasteiger partial charge in [-0.15, -0.1) is 0 Å². The molecule has 0 bridgehead atoms. The van der Waals surface area contributed by atoms with Crippen LogP contribution in [0.3, 0.4) is 0 Å². The molecule has 0 aliphatic rings. The van der Waals surface area contributed by atoms with Crippen molar-refractivity contribution < 1.29 is 8.85 Å². The summed E-state index contributed by atoms with van der Waals surface area (Å²) >= 11 is 2.41. The number of rotatable bonds is 24. The smallest absolute Gasteiger partial charge is 0.205 e. The molecule has 0 aromatic rings. The van der Waals surface area contributed by atoms with E-state index in [9.17, 15) is 0 Å². The van der Waals surface area contributed by atoms with E-state index in [1.165, 1.54) is 101 Å². The van der Waals surface area contributed by atoms with E-state index < -0.39 is 16.6 Å². The van der Waals surface area contributed by atoms with Gasteiger partial charge in [0, 0.05) is 23.0 Å². The Labute approximate surface area is 216 Å². The molecule has 0 amide bonds. The number of hydrogen-bond donors (Lipinski definition) is 0. The molecule has 2 nitrogen and oxygen atoms in total. The highest BCUT2D eigenvalue weighted by Gasteiger charge is 2.48. The summed E-state index contributed by atoms with van der Waals surface area (Å²) in [7, 11) is -3.63. The van der Waals surface area contributed by atoms with E-state index in [1.807, 2.05) is 0 Å². The van der Waals surface area contributed by atoms with E-state index >= 15 is 0 Å². The molecule has 0 aliphatic heterocycles. The zero-order chi connectivity index (χ0) is 25.0. The van der Waals surface area contributed by atoms with Crippen molar-refractivity contribution in [3.63, 3.8) is 0 Å². The number of hydrogen-bond acceptors (Lipinski definition) is 3. The molecule has 0 radical (unpaired) electrons. The Hall–Kier alpha value is 0.704. The van der Waals surface area contributed by atoms with Gasteiger partial charge in [0.2, 0.25) is 16.6 Å². The van der Waals surface area contributed by atoms with Gasteiger partial charge in [0.05, 0.1) is 0 Å². The van der Waals surface area contributed by atoms with Gasteiger partial charge in [0.25, 0.3) is 0 Å². The zero-order valence-electron chi connectivity index (χ0n) is 24.1. The van der Waals surface area contributed by atoms with Gasteiger partial charge < -0.3 is 8.85 Å². The van der Waals surface area contributed by atoms with Crippen molar-refractivity contribution >= 4 is 28.4 Å². The van der Waals surface area contributed by atoms with Gasteiger partial charge in [-0.1, -0.05) is 106 Å². The average molecular weight is 519 g/mol. The quantitative estimate of drug-likeness (QED) is 0.118. The van der Waals surface area contributed by atoms with Crippen LogP contribution < -0.4 is 0 Å². The lowest BCUT2D eigenvalue weighted by Gasteiger charge is -2.44. The maximum absolute atomic E-state index is 6.96. The molecule has 0 aromatic heterocycles. The second-order valence-electron chi connectivity index (χ2n) is 10.1. The Kier molecular flexibility index (Phi) is 21.3. The van der Waals surface area contributed by atoms with Crippen LogP contribution >= 0.6 is 11.8 Å². The topological polar surface area (TPSA) is 18.5 Å². The zero-order valence-corrected chi connectivity index (χ0v) is 26.9. The van der Waals surface area contributed by atoms with Crippen LogP contribution in [0.1, 0.15) is 132 Å². The molecule has 0 aromatic carbocycles. The maximum Gasteiger partial charge on any atom is 0.205 e. The van der Waals surface area contributed by atoms with Crippen LogP contribution in [0.4, 0.5) is 0 Å². The standard InChI is InChI=1S/C28H62O2SSi2/c1-9-17-23-32(29-15-7,24-18-10-2)27(21-13-5)31-28(22-14-6)33(30-16-8,25-19-11-3)26-20-12-4/h27-28H,9-26H2,1-8H3. The SMILES string of the molecule is CCCC[Si](CCCC)(OCC)C(CCC)SC(CCC)[Si](CCCC)(CCCC)OCC. The summed E-state index contributed by atoms with van der Waals surface area (Å²) in [6.07, 6.45) is 15.8. The average Bonchev–Trinajstić information content (AvgIpc) is 2.82. The van der Waals surface area contributed by atoms with E-state index in [0.717, 1.165) is 23.0 Å². The van der Waals surface area contributed by atoms with Crippen molar-refractivity contribution in [2.24, 2.45) is 0 Å². The van der Waals surface area contributed by atoms with E-state index in [-0.39, 0.29) is 0 Å². The molecule has 2 unspecified atom stereocenters. The van der Waals surface area contributed by atoms with Crippen LogP contribution in [0.25, 0.3) is 0 Å². The minimum absolute atomic E-state index is 0.729. The van der Waals surface area contributed by atoms with Crippen molar-refractivity contribution in [3.05, 3.63) is 0 Å². The molecular formula is C28H62O2SSi2. The number of unbranched alkanes of at least 4 members (excludes halogenated alkanes) is 4. The summed E-state index contributed by atoms with van der Waals surface area (Å²) in [5, 5.41) is 0. The second-order valence-corrected chi connectivity index (χ2v) is 20.6. The fraction of sp³-hybridized carbons (Fsp3) is 1.00. The van der Waals surface area contributed by atoms with Crippen molar-refractivity contribution in [3.8, 4) is 0 Å². The first-order valence-corrected chi connectivity index (χ1v) is 20.7. The minimum atomic E-state index is -1.81. The van der Waals surface area contributed by atoms with Crippen molar-refractivity contribution in [1.29, 1.82) is 0 Å².